The number of benzene rings is 2. The lowest BCUT2D eigenvalue weighted by Gasteiger charge is -2.42. The minimum Gasteiger partial charge on any atom is -0.490 e. The van der Waals surface area contributed by atoms with Crippen molar-refractivity contribution in [1.29, 1.82) is 0 Å². The van der Waals surface area contributed by atoms with Crippen molar-refractivity contribution in [3.63, 3.8) is 0 Å². The Hall–Kier alpha value is -3.10. The molecule has 0 unspecified atom stereocenters. The van der Waals surface area contributed by atoms with Gasteiger partial charge in [-0.05, 0) is 49.1 Å². The summed E-state index contributed by atoms with van der Waals surface area (Å²) in [5.74, 6) is 0.0538. The Kier molecular flexibility index (Phi) is 8.48. The van der Waals surface area contributed by atoms with Crippen LogP contribution in [0.15, 0.2) is 42.5 Å². The number of anilines is 1. The predicted octanol–water partition coefficient (Wildman–Crippen LogP) is 4.17. The van der Waals surface area contributed by atoms with Gasteiger partial charge in [-0.25, -0.2) is 0 Å². The standard InChI is InChI=1S/C27H32ClN3O5/c1-3-6-25(32)30-18-9-12-23-20(13-18)27(34)31(2)22-11-10-19(36-24(22)16-35-23)14-26(33)29-15-17-7-4-5-8-21(17)28/h4-5,7-9,12-13,19,22,24H,3,6,10-11,14-16H2,1-2H3,(H,29,33)(H,30,32)/t19-,22+,24-/m1/s1. The van der Waals surface area contributed by atoms with Crippen molar-refractivity contribution < 1.29 is 23.9 Å². The number of nitrogens with zero attached hydrogens (tertiary/aromatic N) is 1. The van der Waals surface area contributed by atoms with Crippen molar-refractivity contribution in [3.8, 4) is 5.75 Å². The lowest BCUT2D eigenvalue weighted by molar-refractivity contribution is -0.134. The fraction of sp³-hybridized carbons (Fsp3) is 0.444. The maximum absolute atomic E-state index is 13.3. The monoisotopic (exact) mass is 513 g/mol. The molecule has 0 aromatic heterocycles. The summed E-state index contributed by atoms with van der Waals surface area (Å²) < 4.78 is 12.2. The SMILES string of the molecule is CCCC(=O)Nc1ccc2c(c1)C(=O)N(C)[C@H]1CC[C@H](CC(=O)NCc3ccccc3Cl)O[C@@H]1CO2. The zero-order valence-electron chi connectivity index (χ0n) is 20.6. The Balaban J connectivity index is 1.38. The fourth-order valence-electron chi connectivity index (χ4n) is 4.67. The topological polar surface area (TPSA) is 97.0 Å². The number of nitrogens with one attached hydrogen (secondary N) is 2. The van der Waals surface area contributed by atoms with Crippen LogP contribution in [0.4, 0.5) is 5.69 Å². The van der Waals surface area contributed by atoms with E-state index in [0.717, 1.165) is 12.0 Å². The Morgan fingerprint density at radius 1 is 1.14 bits per heavy atom. The molecule has 1 saturated heterocycles. The van der Waals surface area contributed by atoms with Crippen LogP contribution in [-0.4, -0.2) is 54.5 Å². The van der Waals surface area contributed by atoms with Gasteiger partial charge in [-0.2, -0.15) is 0 Å². The van der Waals surface area contributed by atoms with Crippen LogP contribution in [0.1, 0.15) is 54.9 Å². The van der Waals surface area contributed by atoms with Crippen molar-refractivity contribution >= 4 is 35.0 Å². The molecule has 0 spiro atoms. The number of rotatable bonds is 7. The molecule has 2 N–H and O–H groups in total. The first-order valence-corrected chi connectivity index (χ1v) is 12.7. The molecule has 0 radical (unpaired) electrons. The fourth-order valence-corrected chi connectivity index (χ4v) is 4.87. The van der Waals surface area contributed by atoms with E-state index in [-0.39, 0.29) is 49.0 Å². The summed E-state index contributed by atoms with van der Waals surface area (Å²) in [4.78, 5) is 39.5. The second-order valence-corrected chi connectivity index (χ2v) is 9.66. The number of carbonyl (C=O) groups is 3. The van der Waals surface area contributed by atoms with Crippen LogP contribution in [0.3, 0.4) is 0 Å². The Bertz CT molecular complexity index is 1120. The quantitative estimate of drug-likeness (QED) is 0.579. The van der Waals surface area contributed by atoms with Gasteiger partial charge in [0.2, 0.25) is 11.8 Å². The van der Waals surface area contributed by atoms with Crippen LogP contribution in [0, 0.1) is 0 Å². The summed E-state index contributed by atoms with van der Waals surface area (Å²) in [6.07, 6.45) is 2.11. The van der Waals surface area contributed by atoms with E-state index in [1.165, 1.54) is 0 Å². The molecule has 2 aliphatic heterocycles. The van der Waals surface area contributed by atoms with Crippen molar-refractivity contribution in [2.75, 3.05) is 19.0 Å². The highest BCUT2D eigenvalue weighted by molar-refractivity contribution is 6.31. The molecule has 1 fully saturated rings. The number of hydrogen-bond donors (Lipinski definition) is 2. The third-order valence-electron chi connectivity index (χ3n) is 6.62. The molecular formula is C27H32ClN3O5. The molecule has 2 aromatic carbocycles. The van der Waals surface area contributed by atoms with E-state index in [4.69, 9.17) is 21.1 Å². The van der Waals surface area contributed by atoms with Gasteiger partial charge in [0.15, 0.2) is 0 Å². The second-order valence-electron chi connectivity index (χ2n) is 9.25. The highest BCUT2D eigenvalue weighted by Gasteiger charge is 2.39. The van der Waals surface area contributed by atoms with Crippen LogP contribution < -0.4 is 15.4 Å². The molecule has 8 nitrogen and oxygen atoms in total. The van der Waals surface area contributed by atoms with E-state index in [9.17, 15) is 14.4 Å². The van der Waals surface area contributed by atoms with Crippen LogP contribution >= 0.6 is 11.6 Å². The average molecular weight is 514 g/mol. The third kappa shape index (κ3) is 6.17. The summed E-state index contributed by atoms with van der Waals surface area (Å²) in [6.45, 7) is 2.55. The normalized spacial score (nSPS) is 21.4. The minimum absolute atomic E-state index is 0.0901. The molecule has 9 heteroatoms. The summed E-state index contributed by atoms with van der Waals surface area (Å²) in [6, 6.07) is 12.3. The number of fused-ring (bicyclic) bond motifs is 2. The lowest BCUT2D eigenvalue weighted by Crippen LogP contribution is -2.53. The predicted molar refractivity (Wildman–Crippen MR) is 137 cm³/mol. The van der Waals surface area contributed by atoms with E-state index in [1.54, 1.807) is 36.2 Å². The van der Waals surface area contributed by atoms with Crippen molar-refractivity contribution in [3.05, 3.63) is 58.6 Å². The summed E-state index contributed by atoms with van der Waals surface area (Å²) >= 11 is 6.17. The van der Waals surface area contributed by atoms with Gasteiger partial charge in [0.25, 0.3) is 5.91 Å². The molecule has 36 heavy (non-hydrogen) atoms. The van der Waals surface area contributed by atoms with Gasteiger partial charge < -0.3 is 25.0 Å². The molecule has 0 saturated carbocycles. The number of ether oxygens (including phenoxy) is 2. The highest BCUT2D eigenvalue weighted by atomic mass is 35.5. The molecule has 0 aliphatic carbocycles. The maximum atomic E-state index is 13.3. The van der Waals surface area contributed by atoms with E-state index in [0.29, 0.717) is 47.8 Å². The van der Waals surface area contributed by atoms with Crippen LogP contribution in [0.2, 0.25) is 5.02 Å². The van der Waals surface area contributed by atoms with Crippen LogP contribution in [-0.2, 0) is 20.9 Å². The Morgan fingerprint density at radius 2 is 1.94 bits per heavy atom. The van der Waals surface area contributed by atoms with E-state index in [2.05, 4.69) is 10.6 Å². The van der Waals surface area contributed by atoms with Gasteiger partial charge in [-0.1, -0.05) is 36.7 Å². The molecular weight excluding hydrogens is 482 g/mol. The number of halogens is 1. The lowest BCUT2D eigenvalue weighted by atomic mass is 9.94. The third-order valence-corrected chi connectivity index (χ3v) is 6.99. The number of hydrogen-bond acceptors (Lipinski definition) is 5. The van der Waals surface area contributed by atoms with Crippen molar-refractivity contribution in [1.82, 2.24) is 10.2 Å². The van der Waals surface area contributed by atoms with Crippen LogP contribution in [0.5, 0.6) is 5.75 Å². The Morgan fingerprint density at radius 3 is 2.72 bits per heavy atom. The van der Waals surface area contributed by atoms with E-state index >= 15 is 0 Å². The van der Waals surface area contributed by atoms with Crippen molar-refractivity contribution in [2.45, 2.75) is 63.8 Å². The first kappa shape index (κ1) is 26.0. The van der Waals surface area contributed by atoms with Gasteiger partial charge in [0.1, 0.15) is 18.5 Å². The molecule has 0 bridgehead atoms. The smallest absolute Gasteiger partial charge is 0.257 e. The van der Waals surface area contributed by atoms with Gasteiger partial charge in [-0.3, -0.25) is 14.4 Å². The van der Waals surface area contributed by atoms with Gasteiger partial charge in [0, 0.05) is 30.7 Å². The van der Waals surface area contributed by atoms with E-state index in [1.807, 2.05) is 25.1 Å². The maximum Gasteiger partial charge on any atom is 0.257 e. The largest absolute Gasteiger partial charge is 0.490 e. The summed E-state index contributed by atoms with van der Waals surface area (Å²) in [5, 5.41) is 6.36. The molecule has 4 rings (SSSR count). The zero-order valence-corrected chi connectivity index (χ0v) is 21.3. The molecule has 2 heterocycles. The van der Waals surface area contributed by atoms with Gasteiger partial charge in [-0.15, -0.1) is 0 Å². The summed E-state index contributed by atoms with van der Waals surface area (Å²) in [7, 11) is 1.76. The molecule has 2 aliphatic rings. The highest BCUT2D eigenvalue weighted by Crippen LogP contribution is 2.32. The first-order chi connectivity index (χ1) is 17.4. The average Bonchev–Trinajstić information content (AvgIpc) is 2.86. The summed E-state index contributed by atoms with van der Waals surface area (Å²) in [5.41, 5.74) is 1.83. The van der Waals surface area contributed by atoms with E-state index < -0.39 is 0 Å². The number of carbonyl (C=O) groups excluding carboxylic acids is 3. The molecule has 192 valence electrons. The second kappa shape index (κ2) is 11.8. The van der Waals surface area contributed by atoms with Gasteiger partial charge in [0.05, 0.1) is 24.1 Å². The minimum atomic E-state index is -0.355. The van der Waals surface area contributed by atoms with Gasteiger partial charge >= 0.3 is 0 Å². The van der Waals surface area contributed by atoms with Crippen LogP contribution in [0.25, 0.3) is 0 Å². The molecule has 3 atom stereocenters. The molecule has 3 amide bonds. The van der Waals surface area contributed by atoms with Crippen molar-refractivity contribution in [2.24, 2.45) is 0 Å². The zero-order chi connectivity index (χ0) is 25.7. The first-order valence-electron chi connectivity index (χ1n) is 12.3. The number of amides is 3. The molecule has 2 aromatic rings. The number of likely N-dealkylation sites (N-methyl/N-ethyl adjacent to an activating group) is 1. The Labute approximate surface area is 216 Å².